The molecule has 41 heavy (non-hydrogen) atoms. The number of hydrogen-bond donors (Lipinski definition) is 1. The van der Waals surface area contributed by atoms with Crippen molar-refractivity contribution >= 4 is 39.9 Å². The number of nitrogens with one attached hydrogen (secondary N) is 1. The number of aryl methyl sites for hydroxylation is 1. The summed E-state index contributed by atoms with van der Waals surface area (Å²) in [5.74, 6) is 0.980. The van der Waals surface area contributed by atoms with Gasteiger partial charge in [-0.1, -0.05) is 11.6 Å². The lowest BCUT2D eigenvalue weighted by Crippen LogP contribution is -2.36. The molecule has 0 bridgehead atoms. The van der Waals surface area contributed by atoms with Gasteiger partial charge in [0.2, 0.25) is 5.95 Å². The van der Waals surface area contributed by atoms with Crippen LogP contribution in [0.2, 0.25) is 5.02 Å². The van der Waals surface area contributed by atoms with Crippen molar-refractivity contribution in [1.82, 2.24) is 34.0 Å². The van der Waals surface area contributed by atoms with E-state index < -0.39 is 11.7 Å². The average Bonchev–Trinajstić information content (AvgIpc) is 3.51. The zero-order chi connectivity index (χ0) is 28.7. The standard InChI is InChI=1S/C27H26ClF3N8O2/c1-37-24-23(28)22(41-21-14-34-39-8-5-32-12-20(21)39)13-33-25(24)36-26(37)35-18-10-16(9-17(11-18)27(29,30)31)15-38-6-3-19(40-2)4-7-38/h5,8-14,19H,3-4,6-7,15H2,1-2H3,(H,33,35,36). The lowest BCUT2D eigenvalue weighted by atomic mass is 10.0. The zero-order valence-electron chi connectivity index (χ0n) is 22.2. The van der Waals surface area contributed by atoms with Crippen molar-refractivity contribution in [3.05, 3.63) is 65.3 Å². The molecule has 5 aromatic rings. The number of ether oxygens (including phenoxy) is 2. The molecule has 0 radical (unpaired) electrons. The van der Waals surface area contributed by atoms with E-state index in [1.54, 1.807) is 54.1 Å². The molecular weight excluding hydrogens is 561 g/mol. The molecule has 0 spiro atoms. The Labute approximate surface area is 237 Å². The first-order valence-electron chi connectivity index (χ1n) is 12.9. The van der Waals surface area contributed by atoms with Crippen LogP contribution >= 0.6 is 11.6 Å². The lowest BCUT2D eigenvalue weighted by Gasteiger charge is -2.31. The van der Waals surface area contributed by atoms with Crippen LogP contribution in [0, 0.1) is 0 Å². The van der Waals surface area contributed by atoms with Gasteiger partial charge < -0.3 is 19.4 Å². The normalized spacial score (nSPS) is 15.2. The fourth-order valence-electron chi connectivity index (χ4n) is 5.01. The van der Waals surface area contributed by atoms with E-state index >= 15 is 0 Å². The number of halogens is 4. The smallest absolute Gasteiger partial charge is 0.416 e. The van der Waals surface area contributed by atoms with Crippen molar-refractivity contribution in [1.29, 1.82) is 0 Å². The molecule has 0 unspecified atom stereocenters. The van der Waals surface area contributed by atoms with Gasteiger partial charge in [0.1, 0.15) is 16.1 Å². The first-order valence-corrected chi connectivity index (χ1v) is 13.3. The molecule has 5 heterocycles. The third-order valence-electron chi connectivity index (χ3n) is 7.16. The summed E-state index contributed by atoms with van der Waals surface area (Å²) in [4.78, 5) is 15.1. The van der Waals surface area contributed by atoms with Crippen LogP contribution in [-0.2, 0) is 24.5 Å². The number of nitrogens with zero attached hydrogens (tertiary/aromatic N) is 7. The largest absolute Gasteiger partial charge is 0.450 e. The fraction of sp³-hybridized carbons (Fsp3) is 0.333. The van der Waals surface area contributed by atoms with Gasteiger partial charge in [0.05, 0.1) is 30.3 Å². The van der Waals surface area contributed by atoms with Crippen LogP contribution in [-0.4, -0.2) is 60.3 Å². The minimum absolute atomic E-state index is 0.186. The number of anilines is 2. The van der Waals surface area contributed by atoms with Crippen molar-refractivity contribution in [3.8, 4) is 11.5 Å². The fourth-order valence-corrected chi connectivity index (χ4v) is 5.31. The molecule has 6 rings (SSSR count). The number of pyridine rings is 1. The van der Waals surface area contributed by atoms with Gasteiger partial charge >= 0.3 is 6.18 Å². The molecule has 0 aliphatic carbocycles. The lowest BCUT2D eigenvalue weighted by molar-refractivity contribution is -0.137. The number of alkyl halides is 3. The monoisotopic (exact) mass is 586 g/mol. The third kappa shape index (κ3) is 5.52. The first kappa shape index (κ1) is 27.2. The van der Waals surface area contributed by atoms with E-state index in [1.807, 2.05) is 0 Å². The molecular formula is C27H26ClF3N8O2. The third-order valence-corrected chi connectivity index (χ3v) is 7.53. The van der Waals surface area contributed by atoms with E-state index in [4.69, 9.17) is 21.1 Å². The number of piperidine rings is 1. The van der Waals surface area contributed by atoms with E-state index in [2.05, 4.69) is 30.3 Å². The molecule has 1 N–H and O–H groups in total. The predicted octanol–water partition coefficient (Wildman–Crippen LogP) is 5.83. The number of imidazole rings is 1. The highest BCUT2D eigenvalue weighted by atomic mass is 35.5. The highest BCUT2D eigenvalue weighted by molar-refractivity contribution is 6.36. The van der Waals surface area contributed by atoms with Crippen LogP contribution in [0.1, 0.15) is 24.0 Å². The Kier molecular flexibility index (Phi) is 7.18. The minimum atomic E-state index is -4.51. The Morgan fingerprint density at radius 2 is 1.90 bits per heavy atom. The van der Waals surface area contributed by atoms with E-state index in [9.17, 15) is 13.2 Å². The second kappa shape index (κ2) is 10.8. The Hall–Kier alpha value is -3.94. The molecule has 10 nitrogen and oxygen atoms in total. The summed E-state index contributed by atoms with van der Waals surface area (Å²) in [5, 5.41) is 7.50. The summed E-state index contributed by atoms with van der Waals surface area (Å²) in [6.07, 6.45) is 5.24. The van der Waals surface area contributed by atoms with Crippen LogP contribution in [0.5, 0.6) is 11.5 Å². The van der Waals surface area contributed by atoms with E-state index in [-0.39, 0.29) is 28.5 Å². The van der Waals surface area contributed by atoms with E-state index in [0.717, 1.165) is 32.0 Å². The summed E-state index contributed by atoms with van der Waals surface area (Å²) in [6.45, 7) is 1.90. The van der Waals surface area contributed by atoms with Gasteiger partial charge in [0.25, 0.3) is 0 Å². The number of benzene rings is 1. The van der Waals surface area contributed by atoms with Crippen molar-refractivity contribution in [2.45, 2.75) is 31.7 Å². The number of rotatable bonds is 7. The molecule has 4 aromatic heterocycles. The SMILES string of the molecule is COC1CCN(Cc2cc(Nc3nc4ncc(Oc5cnn6ccncc56)c(Cl)c4n3C)cc(C(F)(F)F)c2)CC1. The summed E-state index contributed by atoms with van der Waals surface area (Å²) in [5.41, 5.74) is 1.46. The average molecular weight is 587 g/mol. The highest BCUT2D eigenvalue weighted by Crippen LogP contribution is 2.37. The molecule has 1 aliphatic rings. The summed E-state index contributed by atoms with van der Waals surface area (Å²) in [7, 11) is 3.38. The van der Waals surface area contributed by atoms with E-state index in [0.29, 0.717) is 34.5 Å². The molecule has 0 saturated carbocycles. The van der Waals surface area contributed by atoms with Crippen molar-refractivity contribution in [3.63, 3.8) is 0 Å². The van der Waals surface area contributed by atoms with Crippen molar-refractivity contribution < 1.29 is 22.6 Å². The zero-order valence-corrected chi connectivity index (χ0v) is 22.9. The Balaban J connectivity index is 1.29. The van der Waals surface area contributed by atoms with Gasteiger partial charge in [-0.25, -0.2) is 9.50 Å². The second-order valence-corrected chi connectivity index (χ2v) is 10.3. The van der Waals surface area contributed by atoms with Gasteiger partial charge in [0, 0.05) is 51.9 Å². The minimum Gasteiger partial charge on any atom is -0.450 e. The second-order valence-electron chi connectivity index (χ2n) is 9.87. The van der Waals surface area contributed by atoms with Gasteiger partial charge in [-0.05, 0) is 36.6 Å². The quantitative estimate of drug-likeness (QED) is 0.255. The van der Waals surface area contributed by atoms with Crippen LogP contribution in [0.4, 0.5) is 24.8 Å². The summed E-state index contributed by atoms with van der Waals surface area (Å²) in [6, 6.07) is 3.98. The molecule has 1 aliphatic heterocycles. The highest BCUT2D eigenvalue weighted by Gasteiger charge is 2.32. The topological polar surface area (TPSA) is 94.6 Å². The number of likely N-dealkylation sites (tertiary alicyclic amines) is 1. The van der Waals surface area contributed by atoms with Crippen molar-refractivity contribution in [2.75, 3.05) is 25.5 Å². The molecule has 14 heteroatoms. The molecule has 1 saturated heterocycles. The molecule has 214 valence electrons. The maximum atomic E-state index is 13.8. The van der Waals surface area contributed by atoms with Crippen molar-refractivity contribution in [2.24, 2.45) is 7.05 Å². The molecule has 1 fully saturated rings. The maximum Gasteiger partial charge on any atom is 0.416 e. The van der Waals surface area contributed by atoms with E-state index in [1.165, 1.54) is 12.3 Å². The van der Waals surface area contributed by atoms with Gasteiger partial charge in [-0.2, -0.15) is 23.3 Å². The predicted molar refractivity (Wildman–Crippen MR) is 147 cm³/mol. The molecule has 0 atom stereocenters. The summed E-state index contributed by atoms with van der Waals surface area (Å²) < 4.78 is 56.1. The van der Waals surface area contributed by atoms with Crippen LogP contribution in [0.3, 0.4) is 0 Å². The number of hydrogen-bond acceptors (Lipinski definition) is 8. The number of aromatic nitrogens is 6. The van der Waals surface area contributed by atoms with Crippen LogP contribution in [0.15, 0.2) is 49.2 Å². The Morgan fingerprint density at radius 3 is 2.66 bits per heavy atom. The van der Waals surface area contributed by atoms with Gasteiger partial charge in [0.15, 0.2) is 17.1 Å². The number of fused-ring (bicyclic) bond motifs is 2. The first-order chi connectivity index (χ1) is 19.7. The van der Waals surface area contributed by atoms with Gasteiger partial charge in [-0.3, -0.25) is 9.88 Å². The number of methoxy groups -OCH3 is 1. The Morgan fingerprint density at radius 1 is 1.10 bits per heavy atom. The summed E-state index contributed by atoms with van der Waals surface area (Å²) >= 11 is 6.71. The molecule has 0 amide bonds. The molecule has 1 aromatic carbocycles. The Bertz CT molecular complexity index is 1710. The maximum absolute atomic E-state index is 13.8. The van der Waals surface area contributed by atoms with Crippen LogP contribution in [0.25, 0.3) is 16.7 Å². The van der Waals surface area contributed by atoms with Crippen LogP contribution < -0.4 is 10.1 Å². The van der Waals surface area contributed by atoms with Gasteiger partial charge in [-0.15, -0.1) is 0 Å².